The van der Waals surface area contributed by atoms with E-state index in [0.717, 1.165) is 11.3 Å². The number of aryl methyl sites for hydroxylation is 2. The number of halogens is 1. The maximum absolute atomic E-state index is 13.4. The van der Waals surface area contributed by atoms with Crippen molar-refractivity contribution in [2.75, 3.05) is 11.9 Å². The molecule has 1 heterocycles. The summed E-state index contributed by atoms with van der Waals surface area (Å²) in [6.07, 6.45) is 0.533. The summed E-state index contributed by atoms with van der Waals surface area (Å²) in [6.45, 7) is 3.09. The lowest BCUT2D eigenvalue weighted by molar-refractivity contribution is -0.147. The highest BCUT2D eigenvalue weighted by Gasteiger charge is 2.13. The molecule has 1 aromatic carbocycles. The molecule has 6 nitrogen and oxygen atoms in total. The Hall–Kier alpha value is -2.70. The average Bonchev–Trinajstić information content (AvgIpc) is 2.84. The summed E-state index contributed by atoms with van der Waals surface area (Å²) in [6, 6.07) is 5.76. The van der Waals surface area contributed by atoms with E-state index in [2.05, 4.69) is 10.5 Å². The van der Waals surface area contributed by atoms with Crippen LogP contribution in [0.15, 0.2) is 28.8 Å². The number of carbonyl (C=O) groups excluding carboxylic acids is 2. The van der Waals surface area contributed by atoms with Gasteiger partial charge in [0.15, 0.2) is 6.61 Å². The van der Waals surface area contributed by atoms with Crippen molar-refractivity contribution in [2.45, 2.75) is 26.7 Å². The van der Waals surface area contributed by atoms with Crippen molar-refractivity contribution in [3.8, 4) is 0 Å². The molecule has 2 rings (SSSR count). The molecule has 0 bridgehead atoms. The number of anilines is 1. The summed E-state index contributed by atoms with van der Waals surface area (Å²) in [5, 5.41) is 6.13. The van der Waals surface area contributed by atoms with Crippen LogP contribution >= 0.6 is 0 Å². The topological polar surface area (TPSA) is 81.4 Å². The molecule has 0 atom stereocenters. The quantitative estimate of drug-likeness (QED) is 0.827. The molecule has 2 aromatic rings. The van der Waals surface area contributed by atoms with Gasteiger partial charge in [-0.15, -0.1) is 0 Å². The van der Waals surface area contributed by atoms with Gasteiger partial charge in [-0.25, -0.2) is 4.39 Å². The van der Waals surface area contributed by atoms with Gasteiger partial charge in [0.05, 0.1) is 11.4 Å². The lowest BCUT2D eigenvalue weighted by atomic mass is 10.1. The molecule has 7 heteroatoms. The summed E-state index contributed by atoms with van der Waals surface area (Å²) < 4.78 is 23.2. The van der Waals surface area contributed by atoms with Gasteiger partial charge in [0.25, 0.3) is 5.91 Å². The zero-order valence-corrected chi connectivity index (χ0v) is 12.9. The second-order valence-corrected chi connectivity index (χ2v) is 4.99. The number of nitrogens with one attached hydrogen (secondary N) is 1. The molecule has 1 amide bonds. The van der Waals surface area contributed by atoms with Gasteiger partial charge in [-0.2, -0.15) is 0 Å². The average molecular weight is 320 g/mol. The van der Waals surface area contributed by atoms with Crippen molar-refractivity contribution in [1.29, 1.82) is 0 Å². The van der Waals surface area contributed by atoms with Crippen LogP contribution in [0.2, 0.25) is 0 Å². The maximum atomic E-state index is 13.4. The Morgan fingerprint density at radius 1 is 1.30 bits per heavy atom. The third-order valence-electron chi connectivity index (χ3n) is 3.27. The van der Waals surface area contributed by atoms with Crippen molar-refractivity contribution in [3.05, 3.63) is 47.1 Å². The monoisotopic (exact) mass is 320 g/mol. The number of ether oxygens (including phenoxy) is 1. The molecule has 122 valence electrons. The highest BCUT2D eigenvalue weighted by atomic mass is 19.1. The van der Waals surface area contributed by atoms with Crippen LogP contribution in [-0.2, 0) is 20.7 Å². The molecule has 0 fully saturated rings. The smallest absolute Gasteiger partial charge is 0.306 e. The normalized spacial score (nSPS) is 10.4. The molecular formula is C16H17FN2O4. The molecule has 1 aromatic heterocycles. The second kappa shape index (κ2) is 7.53. The molecule has 0 saturated carbocycles. The molecule has 23 heavy (non-hydrogen) atoms. The summed E-state index contributed by atoms with van der Waals surface area (Å²) in [5.41, 5.74) is 1.63. The Kier molecular flexibility index (Phi) is 5.46. The number of nitrogens with zero attached hydrogens (tertiary/aromatic N) is 1. The fourth-order valence-electron chi connectivity index (χ4n) is 2.05. The number of aromatic nitrogens is 1. The van der Waals surface area contributed by atoms with Crippen LogP contribution in [0.5, 0.6) is 0 Å². The first-order chi connectivity index (χ1) is 11.0. The SMILES string of the molecule is Cc1noc(C)c1CCC(=O)OCC(=O)Nc1ccccc1F. The largest absolute Gasteiger partial charge is 0.456 e. The van der Waals surface area contributed by atoms with Gasteiger partial charge < -0.3 is 14.6 Å². The first-order valence-corrected chi connectivity index (χ1v) is 7.09. The van der Waals surface area contributed by atoms with E-state index in [4.69, 9.17) is 9.26 Å². The molecule has 0 aliphatic carbocycles. The lowest BCUT2D eigenvalue weighted by Crippen LogP contribution is -2.21. The van der Waals surface area contributed by atoms with Crippen LogP contribution in [0.4, 0.5) is 10.1 Å². The number of benzene rings is 1. The number of amides is 1. The molecule has 0 saturated heterocycles. The second-order valence-electron chi connectivity index (χ2n) is 4.99. The van der Waals surface area contributed by atoms with Gasteiger partial charge >= 0.3 is 5.97 Å². The Balaban J connectivity index is 1.76. The van der Waals surface area contributed by atoms with Gasteiger partial charge in [-0.1, -0.05) is 17.3 Å². The van der Waals surface area contributed by atoms with E-state index >= 15 is 0 Å². The van der Waals surface area contributed by atoms with Crippen molar-refractivity contribution < 1.29 is 23.2 Å². The van der Waals surface area contributed by atoms with Gasteiger partial charge in [0.2, 0.25) is 0 Å². The van der Waals surface area contributed by atoms with Crippen LogP contribution in [-0.4, -0.2) is 23.6 Å². The zero-order valence-electron chi connectivity index (χ0n) is 12.9. The molecule has 0 radical (unpaired) electrons. The van der Waals surface area contributed by atoms with Crippen LogP contribution in [0.25, 0.3) is 0 Å². The van der Waals surface area contributed by atoms with E-state index < -0.39 is 24.3 Å². The molecule has 0 spiro atoms. The number of esters is 1. The van der Waals surface area contributed by atoms with Crippen LogP contribution in [0.1, 0.15) is 23.4 Å². The Bertz CT molecular complexity index is 692. The minimum absolute atomic E-state index is 0.0456. The number of para-hydroxylation sites is 1. The van der Waals surface area contributed by atoms with Gasteiger partial charge in [-0.3, -0.25) is 9.59 Å². The highest BCUT2D eigenvalue weighted by molar-refractivity contribution is 5.92. The summed E-state index contributed by atoms with van der Waals surface area (Å²) in [4.78, 5) is 23.3. The van der Waals surface area contributed by atoms with E-state index in [-0.39, 0.29) is 12.1 Å². The molecular weight excluding hydrogens is 303 g/mol. The molecule has 1 N–H and O–H groups in total. The van der Waals surface area contributed by atoms with E-state index in [1.165, 1.54) is 18.2 Å². The minimum Gasteiger partial charge on any atom is -0.456 e. The fourth-order valence-corrected chi connectivity index (χ4v) is 2.05. The third-order valence-corrected chi connectivity index (χ3v) is 3.27. The first kappa shape index (κ1) is 16.7. The van der Waals surface area contributed by atoms with E-state index in [0.29, 0.717) is 12.2 Å². The number of hydrogen-bond donors (Lipinski definition) is 1. The third kappa shape index (κ3) is 4.64. The number of hydrogen-bond acceptors (Lipinski definition) is 5. The van der Waals surface area contributed by atoms with Gasteiger partial charge in [-0.05, 0) is 32.4 Å². The first-order valence-electron chi connectivity index (χ1n) is 7.09. The summed E-state index contributed by atoms with van der Waals surface area (Å²) in [5.74, 6) is -1.01. The van der Waals surface area contributed by atoms with Crippen LogP contribution in [0, 0.1) is 19.7 Å². The van der Waals surface area contributed by atoms with Crippen molar-refractivity contribution in [2.24, 2.45) is 0 Å². The summed E-state index contributed by atoms with van der Waals surface area (Å²) in [7, 11) is 0. The number of carbonyl (C=O) groups is 2. The number of rotatable bonds is 6. The van der Waals surface area contributed by atoms with Gasteiger partial charge in [0.1, 0.15) is 11.6 Å². The Morgan fingerprint density at radius 3 is 2.70 bits per heavy atom. The Labute approximate surface area is 132 Å². The summed E-state index contributed by atoms with van der Waals surface area (Å²) >= 11 is 0. The standard InChI is InChI=1S/C16H17FN2O4/c1-10-12(11(2)23-19-10)7-8-16(21)22-9-15(20)18-14-6-4-3-5-13(14)17/h3-6H,7-9H2,1-2H3,(H,18,20). The Morgan fingerprint density at radius 2 is 2.04 bits per heavy atom. The lowest BCUT2D eigenvalue weighted by Gasteiger charge is -2.07. The highest BCUT2D eigenvalue weighted by Crippen LogP contribution is 2.15. The van der Waals surface area contributed by atoms with E-state index in [1.54, 1.807) is 19.9 Å². The molecule has 0 aliphatic rings. The minimum atomic E-state index is -0.596. The van der Waals surface area contributed by atoms with Crippen molar-refractivity contribution in [1.82, 2.24) is 5.16 Å². The maximum Gasteiger partial charge on any atom is 0.306 e. The zero-order chi connectivity index (χ0) is 16.8. The van der Waals surface area contributed by atoms with Crippen molar-refractivity contribution in [3.63, 3.8) is 0 Å². The fraction of sp³-hybridized carbons (Fsp3) is 0.312. The van der Waals surface area contributed by atoms with E-state index in [1.807, 2.05) is 0 Å². The van der Waals surface area contributed by atoms with E-state index in [9.17, 15) is 14.0 Å². The molecule has 0 aliphatic heterocycles. The van der Waals surface area contributed by atoms with Crippen LogP contribution in [0.3, 0.4) is 0 Å². The predicted octanol–water partition coefficient (Wildman–Crippen LogP) is 2.55. The van der Waals surface area contributed by atoms with Crippen molar-refractivity contribution >= 4 is 17.6 Å². The van der Waals surface area contributed by atoms with Gasteiger partial charge in [0, 0.05) is 12.0 Å². The van der Waals surface area contributed by atoms with Crippen LogP contribution < -0.4 is 5.32 Å². The molecule has 0 unspecified atom stereocenters. The predicted molar refractivity (Wildman–Crippen MR) is 80.3 cm³/mol.